The van der Waals surface area contributed by atoms with Crippen LogP contribution >= 0.6 is 15.9 Å². The van der Waals surface area contributed by atoms with Gasteiger partial charge in [0.2, 0.25) is 5.91 Å². The minimum atomic E-state index is -0.661. The summed E-state index contributed by atoms with van der Waals surface area (Å²) in [6.45, 7) is 1.56. The van der Waals surface area contributed by atoms with E-state index in [1.54, 1.807) is 6.92 Å². The van der Waals surface area contributed by atoms with Gasteiger partial charge in [0.15, 0.2) is 0 Å². The molecule has 0 unspecified atom stereocenters. The van der Waals surface area contributed by atoms with Gasteiger partial charge in [0.1, 0.15) is 0 Å². The molecule has 17 heavy (non-hydrogen) atoms. The smallest absolute Gasteiger partial charge is 0.274 e. The lowest BCUT2D eigenvalue weighted by Gasteiger charge is -2.04. The van der Waals surface area contributed by atoms with Crippen molar-refractivity contribution in [3.63, 3.8) is 0 Å². The number of alkyl halides is 1. The van der Waals surface area contributed by atoms with Crippen molar-refractivity contribution in [2.75, 3.05) is 5.33 Å². The summed E-state index contributed by atoms with van der Waals surface area (Å²) in [5, 5.41) is 0.916. The summed E-state index contributed by atoms with van der Waals surface area (Å²) >= 11 is 3.31. The fraction of sp³-hybridized carbons (Fsp3) is 0.545. The van der Waals surface area contributed by atoms with E-state index in [9.17, 15) is 14.4 Å². The first-order valence-electron chi connectivity index (χ1n) is 5.48. The maximum atomic E-state index is 11.7. The van der Waals surface area contributed by atoms with E-state index in [1.807, 2.05) is 0 Å². The van der Waals surface area contributed by atoms with Crippen LogP contribution in [-0.4, -0.2) is 20.8 Å². The number of unbranched alkanes of at least 4 members (excludes halogenated alkanes) is 2. The van der Waals surface area contributed by atoms with Crippen molar-refractivity contribution in [1.29, 1.82) is 0 Å². The van der Waals surface area contributed by atoms with Crippen LogP contribution in [0.3, 0.4) is 0 Å². The summed E-state index contributed by atoms with van der Waals surface area (Å²) in [7, 11) is 0. The van der Waals surface area contributed by atoms with Crippen LogP contribution in [0.15, 0.2) is 15.8 Å². The molecule has 1 aromatic heterocycles. The van der Waals surface area contributed by atoms with Crippen molar-refractivity contribution in [2.24, 2.45) is 0 Å². The first-order chi connectivity index (χ1) is 8.06. The average Bonchev–Trinajstić information content (AvgIpc) is 2.29. The molecule has 0 amide bonds. The van der Waals surface area contributed by atoms with E-state index in [0.717, 1.165) is 29.2 Å². The molecular formula is C11H15BrN2O3. The molecule has 0 saturated carbocycles. The highest BCUT2D eigenvalue weighted by molar-refractivity contribution is 9.09. The molecule has 0 atom stereocenters. The predicted octanol–water partition coefficient (Wildman–Crippen LogP) is 1.44. The number of hydrogen-bond donors (Lipinski definition) is 1. The zero-order valence-electron chi connectivity index (χ0n) is 9.66. The van der Waals surface area contributed by atoms with E-state index in [2.05, 4.69) is 20.9 Å². The van der Waals surface area contributed by atoms with Gasteiger partial charge in [-0.2, -0.15) is 0 Å². The van der Waals surface area contributed by atoms with Crippen LogP contribution in [0.1, 0.15) is 36.0 Å². The van der Waals surface area contributed by atoms with Gasteiger partial charge in [-0.25, -0.2) is 9.36 Å². The fourth-order valence-corrected chi connectivity index (χ4v) is 1.82. The molecule has 0 aliphatic rings. The SMILES string of the molecule is Cc1cn(C(=O)CCCCCBr)c(=O)[nH]c1=O. The van der Waals surface area contributed by atoms with Gasteiger partial charge in [0, 0.05) is 23.5 Å². The highest BCUT2D eigenvalue weighted by atomic mass is 79.9. The topological polar surface area (TPSA) is 71.9 Å². The second-order valence-electron chi connectivity index (χ2n) is 3.83. The Labute approximate surface area is 107 Å². The molecule has 1 heterocycles. The second kappa shape index (κ2) is 6.54. The van der Waals surface area contributed by atoms with Crippen LogP contribution < -0.4 is 11.2 Å². The quantitative estimate of drug-likeness (QED) is 0.661. The normalized spacial score (nSPS) is 10.5. The molecule has 0 radical (unpaired) electrons. The van der Waals surface area contributed by atoms with Gasteiger partial charge in [-0.05, 0) is 19.8 Å². The summed E-state index contributed by atoms with van der Waals surface area (Å²) in [6, 6.07) is 0. The van der Waals surface area contributed by atoms with Crippen LogP contribution in [0, 0.1) is 6.92 Å². The molecule has 0 fully saturated rings. The molecule has 1 aromatic rings. The summed E-state index contributed by atoms with van der Waals surface area (Å²) in [4.78, 5) is 36.4. The molecule has 0 bridgehead atoms. The predicted molar refractivity (Wildman–Crippen MR) is 68.9 cm³/mol. The lowest BCUT2D eigenvalue weighted by atomic mass is 10.2. The summed E-state index contributed by atoms with van der Waals surface area (Å²) < 4.78 is 0.977. The Morgan fingerprint density at radius 3 is 2.71 bits per heavy atom. The number of nitrogens with zero attached hydrogens (tertiary/aromatic N) is 1. The third kappa shape index (κ3) is 3.96. The number of carbonyl (C=O) groups excluding carboxylic acids is 1. The Balaban J connectivity index is 2.73. The van der Waals surface area contributed by atoms with Crippen LogP contribution in [0.5, 0.6) is 0 Å². The molecule has 0 aliphatic heterocycles. The maximum absolute atomic E-state index is 11.7. The minimum absolute atomic E-state index is 0.274. The molecule has 0 saturated heterocycles. The average molecular weight is 303 g/mol. The number of aryl methyl sites for hydroxylation is 1. The van der Waals surface area contributed by atoms with E-state index in [1.165, 1.54) is 6.20 Å². The van der Waals surface area contributed by atoms with E-state index < -0.39 is 11.2 Å². The van der Waals surface area contributed by atoms with Crippen molar-refractivity contribution in [2.45, 2.75) is 32.6 Å². The number of carbonyl (C=O) groups is 1. The van der Waals surface area contributed by atoms with Crippen LogP contribution in [0.2, 0.25) is 0 Å². The van der Waals surface area contributed by atoms with Gasteiger partial charge in [0.25, 0.3) is 5.56 Å². The Morgan fingerprint density at radius 1 is 1.35 bits per heavy atom. The van der Waals surface area contributed by atoms with E-state index in [-0.39, 0.29) is 5.91 Å². The second-order valence-corrected chi connectivity index (χ2v) is 4.63. The Kier molecular flexibility index (Phi) is 5.34. The first kappa shape index (κ1) is 13.9. The largest absolute Gasteiger partial charge is 0.335 e. The fourth-order valence-electron chi connectivity index (χ4n) is 1.42. The molecule has 0 spiro atoms. The van der Waals surface area contributed by atoms with E-state index >= 15 is 0 Å². The minimum Gasteiger partial charge on any atom is -0.274 e. The highest BCUT2D eigenvalue weighted by Crippen LogP contribution is 2.03. The summed E-state index contributed by atoms with van der Waals surface area (Å²) in [6.07, 6.45) is 4.31. The molecular weight excluding hydrogens is 288 g/mol. The number of hydrogen-bond acceptors (Lipinski definition) is 3. The number of aromatic nitrogens is 2. The van der Waals surface area contributed by atoms with E-state index in [0.29, 0.717) is 12.0 Å². The van der Waals surface area contributed by atoms with Gasteiger partial charge in [-0.15, -0.1) is 0 Å². The molecule has 94 valence electrons. The first-order valence-corrected chi connectivity index (χ1v) is 6.60. The zero-order chi connectivity index (χ0) is 12.8. The van der Waals surface area contributed by atoms with Crippen LogP contribution in [-0.2, 0) is 0 Å². The Hall–Kier alpha value is -1.17. The monoisotopic (exact) mass is 302 g/mol. The third-order valence-corrected chi connectivity index (χ3v) is 2.97. The van der Waals surface area contributed by atoms with Gasteiger partial charge >= 0.3 is 5.69 Å². The molecule has 0 aromatic carbocycles. The lowest BCUT2D eigenvalue weighted by molar-refractivity contribution is 0.0892. The number of H-pyrrole nitrogens is 1. The maximum Gasteiger partial charge on any atom is 0.335 e. The molecule has 1 rings (SSSR count). The number of aromatic amines is 1. The van der Waals surface area contributed by atoms with Crippen LogP contribution in [0.25, 0.3) is 0 Å². The van der Waals surface area contributed by atoms with Gasteiger partial charge in [-0.3, -0.25) is 14.6 Å². The Morgan fingerprint density at radius 2 is 2.06 bits per heavy atom. The number of rotatable bonds is 5. The van der Waals surface area contributed by atoms with E-state index in [4.69, 9.17) is 0 Å². The lowest BCUT2D eigenvalue weighted by Crippen LogP contribution is -2.34. The van der Waals surface area contributed by atoms with Gasteiger partial charge in [-0.1, -0.05) is 22.4 Å². The van der Waals surface area contributed by atoms with Crippen molar-refractivity contribution >= 4 is 21.8 Å². The zero-order valence-corrected chi connectivity index (χ0v) is 11.2. The standard InChI is InChI=1S/C11H15BrN2O3/c1-8-7-14(11(17)13-10(8)16)9(15)5-3-2-4-6-12/h7H,2-6H2,1H3,(H,13,16,17). The molecule has 6 heteroatoms. The summed E-state index contributed by atoms with van der Waals surface area (Å²) in [5.74, 6) is -0.274. The van der Waals surface area contributed by atoms with Crippen LogP contribution in [0.4, 0.5) is 0 Å². The van der Waals surface area contributed by atoms with Crippen molar-refractivity contribution in [1.82, 2.24) is 9.55 Å². The van der Waals surface area contributed by atoms with Gasteiger partial charge in [0.05, 0.1) is 0 Å². The van der Waals surface area contributed by atoms with Crippen molar-refractivity contribution in [3.8, 4) is 0 Å². The van der Waals surface area contributed by atoms with Crippen molar-refractivity contribution < 1.29 is 4.79 Å². The summed E-state index contributed by atoms with van der Waals surface area (Å²) in [5.41, 5.74) is -0.747. The number of nitrogens with one attached hydrogen (secondary N) is 1. The Bertz CT molecular complexity index is 504. The van der Waals surface area contributed by atoms with Crippen molar-refractivity contribution in [3.05, 3.63) is 32.6 Å². The molecule has 0 aliphatic carbocycles. The molecule has 5 nitrogen and oxygen atoms in total. The number of halogens is 1. The van der Waals surface area contributed by atoms with Gasteiger partial charge < -0.3 is 0 Å². The molecule has 1 N–H and O–H groups in total. The highest BCUT2D eigenvalue weighted by Gasteiger charge is 2.08. The third-order valence-electron chi connectivity index (χ3n) is 2.41.